The molecule has 1 atom stereocenters. The molecule has 1 saturated heterocycles. The van der Waals surface area contributed by atoms with Crippen molar-refractivity contribution in [2.45, 2.75) is 38.8 Å². The van der Waals surface area contributed by atoms with Crippen LogP contribution in [0.2, 0.25) is 0 Å². The molecule has 8 nitrogen and oxygen atoms in total. The molecule has 1 fully saturated rings. The third kappa shape index (κ3) is 4.44. The van der Waals surface area contributed by atoms with Crippen LogP contribution in [-0.2, 0) is 4.74 Å². The van der Waals surface area contributed by atoms with E-state index < -0.39 is 11.7 Å². The zero-order valence-electron chi connectivity index (χ0n) is 15.5. The average Bonchev–Trinajstić information content (AvgIpc) is 3.22. The Balaban J connectivity index is 1.61. The number of hydrogen-bond donors (Lipinski definition) is 1. The lowest BCUT2D eigenvalue weighted by Crippen LogP contribution is -2.40. The molecule has 8 heteroatoms. The number of carbonyl (C=O) groups excluding carboxylic acids is 1. The van der Waals surface area contributed by atoms with Gasteiger partial charge in [-0.25, -0.2) is 4.79 Å². The van der Waals surface area contributed by atoms with Crippen LogP contribution < -0.4 is 15.0 Å². The largest absolute Gasteiger partial charge is 0.497 e. The maximum atomic E-state index is 11.9. The highest BCUT2D eigenvalue weighted by atomic mass is 16.6. The highest BCUT2D eigenvalue weighted by Gasteiger charge is 2.29. The van der Waals surface area contributed by atoms with Gasteiger partial charge in [0.15, 0.2) is 0 Å². The van der Waals surface area contributed by atoms with Crippen molar-refractivity contribution in [2.75, 3.05) is 25.1 Å². The fourth-order valence-corrected chi connectivity index (χ4v) is 2.75. The van der Waals surface area contributed by atoms with Gasteiger partial charge in [0.1, 0.15) is 11.4 Å². The fraction of sp³-hybridized carbons (Fsp3) is 0.500. The Morgan fingerprint density at radius 2 is 2.19 bits per heavy atom. The molecule has 0 radical (unpaired) electrons. The number of methoxy groups -OCH3 is 1. The number of anilines is 1. The highest BCUT2D eigenvalue weighted by Crippen LogP contribution is 2.25. The Bertz CT molecular complexity index is 769. The number of aromatic nitrogens is 2. The molecule has 1 amide bonds. The molecule has 1 aromatic carbocycles. The van der Waals surface area contributed by atoms with Crippen LogP contribution in [0.5, 0.6) is 5.75 Å². The van der Waals surface area contributed by atoms with Gasteiger partial charge < -0.3 is 24.2 Å². The first-order chi connectivity index (χ1) is 12.3. The normalized spacial score (nSPS) is 17.2. The third-order valence-electron chi connectivity index (χ3n) is 3.92. The zero-order chi connectivity index (χ0) is 18.7. The number of nitrogens with zero attached hydrogens (tertiary/aromatic N) is 3. The van der Waals surface area contributed by atoms with Crippen molar-refractivity contribution in [1.82, 2.24) is 15.5 Å². The molecule has 0 saturated carbocycles. The van der Waals surface area contributed by atoms with E-state index in [1.165, 1.54) is 0 Å². The molecule has 1 aliphatic rings. The van der Waals surface area contributed by atoms with Gasteiger partial charge in [-0.2, -0.15) is 4.98 Å². The monoisotopic (exact) mass is 360 g/mol. The Labute approximate surface area is 152 Å². The SMILES string of the molecule is COc1cccc(-c2noc(N3CC[C@@H](NC(=O)OC(C)(C)C)C3)n2)c1. The first kappa shape index (κ1) is 18.0. The van der Waals surface area contributed by atoms with Crippen molar-refractivity contribution in [2.24, 2.45) is 0 Å². The minimum Gasteiger partial charge on any atom is -0.497 e. The van der Waals surface area contributed by atoms with Crippen molar-refractivity contribution in [3.8, 4) is 17.1 Å². The van der Waals surface area contributed by atoms with E-state index in [-0.39, 0.29) is 6.04 Å². The summed E-state index contributed by atoms with van der Waals surface area (Å²) in [7, 11) is 1.61. The van der Waals surface area contributed by atoms with Crippen molar-refractivity contribution in [3.05, 3.63) is 24.3 Å². The number of alkyl carbamates (subject to hydrolysis) is 1. The molecule has 26 heavy (non-hydrogen) atoms. The van der Waals surface area contributed by atoms with Crippen LogP contribution in [0.25, 0.3) is 11.4 Å². The van der Waals surface area contributed by atoms with Gasteiger partial charge in [0, 0.05) is 18.7 Å². The maximum absolute atomic E-state index is 11.9. The van der Waals surface area contributed by atoms with Crippen LogP contribution in [0.15, 0.2) is 28.8 Å². The predicted octanol–water partition coefficient (Wildman–Crippen LogP) is 2.85. The second-order valence-electron chi connectivity index (χ2n) is 7.21. The summed E-state index contributed by atoms with van der Waals surface area (Å²) in [6.07, 6.45) is 0.378. The molecule has 0 spiro atoms. The molecule has 3 rings (SSSR count). The van der Waals surface area contributed by atoms with Gasteiger partial charge in [0.25, 0.3) is 0 Å². The Morgan fingerprint density at radius 1 is 1.38 bits per heavy atom. The van der Waals surface area contributed by atoms with Crippen LogP contribution in [-0.4, -0.2) is 48.1 Å². The topological polar surface area (TPSA) is 89.7 Å². The zero-order valence-corrected chi connectivity index (χ0v) is 15.5. The minimum absolute atomic E-state index is 0.0166. The van der Waals surface area contributed by atoms with E-state index >= 15 is 0 Å². The molecule has 140 valence electrons. The fourth-order valence-electron chi connectivity index (χ4n) is 2.75. The number of ether oxygens (including phenoxy) is 2. The summed E-state index contributed by atoms with van der Waals surface area (Å²) in [5.41, 5.74) is 0.308. The van der Waals surface area contributed by atoms with Gasteiger partial charge in [-0.05, 0) is 39.3 Å². The molecular weight excluding hydrogens is 336 g/mol. The number of nitrogens with one attached hydrogen (secondary N) is 1. The summed E-state index contributed by atoms with van der Waals surface area (Å²) in [5, 5.41) is 6.92. The van der Waals surface area contributed by atoms with Crippen LogP contribution in [0.4, 0.5) is 10.8 Å². The van der Waals surface area contributed by atoms with Crippen LogP contribution in [0, 0.1) is 0 Å². The van der Waals surface area contributed by atoms with Crippen molar-refractivity contribution in [3.63, 3.8) is 0 Å². The second kappa shape index (κ2) is 7.23. The maximum Gasteiger partial charge on any atom is 0.407 e. The van der Waals surface area contributed by atoms with E-state index in [0.29, 0.717) is 18.4 Å². The molecule has 1 aliphatic heterocycles. The Morgan fingerprint density at radius 3 is 2.92 bits per heavy atom. The van der Waals surface area contributed by atoms with E-state index in [9.17, 15) is 4.79 Å². The predicted molar refractivity (Wildman–Crippen MR) is 96.3 cm³/mol. The van der Waals surface area contributed by atoms with E-state index in [1.807, 2.05) is 49.9 Å². The molecule has 0 unspecified atom stereocenters. The summed E-state index contributed by atoms with van der Waals surface area (Å²) in [4.78, 5) is 18.3. The number of amides is 1. The second-order valence-corrected chi connectivity index (χ2v) is 7.21. The van der Waals surface area contributed by atoms with Crippen molar-refractivity contribution >= 4 is 12.1 Å². The lowest BCUT2D eigenvalue weighted by Gasteiger charge is -2.21. The summed E-state index contributed by atoms with van der Waals surface area (Å²) in [6.45, 7) is 6.84. The van der Waals surface area contributed by atoms with Gasteiger partial charge in [0.05, 0.1) is 13.2 Å². The first-order valence-electron chi connectivity index (χ1n) is 8.56. The molecule has 0 bridgehead atoms. The summed E-state index contributed by atoms with van der Waals surface area (Å²) in [6, 6.07) is 7.91. The highest BCUT2D eigenvalue weighted by molar-refractivity contribution is 5.68. The van der Waals surface area contributed by atoms with Gasteiger partial charge in [-0.3, -0.25) is 0 Å². The summed E-state index contributed by atoms with van der Waals surface area (Å²) >= 11 is 0. The number of rotatable bonds is 4. The quantitative estimate of drug-likeness (QED) is 0.896. The van der Waals surface area contributed by atoms with Gasteiger partial charge in [-0.15, -0.1) is 0 Å². The Hall–Kier alpha value is -2.77. The molecule has 2 aromatic rings. The molecule has 1 N–H and O–H groups in total. The molecule has 2 heterocycles. The first-order valence-corrected chi connectivity index (χ1v) is 8.56. The van der Waals surface area contributed by atoms with Crippen LogP contribution in [0.1, 0.15) is 27.2 Å². The molecule has 0 aliphatic carbocycles. The van der Waals surface area contributed by atoms with Gasteiger partial charge >= 0.3 is 12.1 Å². The van der Waals surface area contributed by atoms with Gasteiger partial charge in [-0.1, -0.05) is 17.3 Å². The molecule has 1 aromatic heterocycles. The lowest BCUT2D eigenvalue weighted by atomic mass is 10.2. The van der Waals surface area contributed by atoms with Crippen molar-refractivity contribution in [1.29, 1.82) is 0 Å². The Kier molecular flexibility index (Phi) is 5.01. The number of hydrogen-bond acceptors (Lipinski definition) is 7. The summed E-state index contributed by atoms with van der Waals surface area (Å²) < 4.78 is 15.9. The van der Waals surface area contributed by atoms with Crippen molar-refractivity contribution < 1.29 is 18.8 Å². The van der Waals surface area contributed by atoms with Crippen LogP contribution >= 0.6 is 0 Å². The number of benzene rings is 1. The van der Waals surface area contributed by atoms with E-state index in [4.69, 9.17) is 14.0 Å². The minimum atomic E-state index is -0.513. The van der Waals surface area contributed by atoms with Gasteiger partial charge in [0.2, 0.25) is 5.82 Å². The smallest absolute Gasteiger partial charge is 0.407 e. The lowest BCUT2D eigenvalue weighted by molar-refractivity contribution is 0.0509. The van der Waals surface area contributed by atoms with Crippen LogP contribution in [0.3, 0.4) is 0 Å². The number of carbonyl (C=O) groups is 1. The average molecular weight is 360 g/mol. The third-order valence-corrected chi connectivity index (χ3v) is 3.92. The molecular formula is C18H24N4O4. The van der Waals surface area contributed by atoms with E-state index in [0.717, 1.165) is 24.3 Å². The van der Waals surface area contributed by atoms with E-state index in [2.05, 4.69) is 15.5 Å². The van der Waals surface area contributed by atoms with E-state index in [1.54, 1.807) is 7.11 Å². The standard InChI is InChI=1S/C18H24N4O4/c1-18(2,3)25-17(23)19-13-8-9-22(11-13)16-20-15(21-26-16)12-6-5-7-14(10-12)24-4/h5-7,10,13H,8-9,11H2,1-4H3,(H,19,23)/t13-/m1/s1. The summed E-state index contributed by atoms with van der Waals surface area (Å²) in [5.74, 6) is 1.24.